The van der Waals surface area contributed by atoms with E-state index in [0.717, 1.165) is 16.1 Å². The Bertz CT molecular complexity index is 887. The van der Waals surface area contributed by atoms with E-state index in [4.69, 9.17) is 4.74 Å². The number of aromatic nitrogens is 2. The first-order chi connectivity index (χ1) is 12.1. The van der Waals surface area contributed by atoms with Gasteiger partial charge in [-0.25, -0.2) is 9.78 Å². The Balaban J connectivity index is 1.94. The Morgan fingerprint density at radius 3 is 2.72 bits per heavy atom. The van der Waals surface area contributed by atoms with Crippen LogP contribution < -0.4 is 5.32 Å². The van der Waals surface area contributed by atoms with Crippen LogP contribution in [0.2, 0.25) is 0 Å². The molecule has 1 amide bonds. The summed E-state index contributed by atoms with van der Waals surface area (Å²) in [5, 5.41) is 6.96. The van der Waals surface area contributed by atoms with Gasteiger partial charge >= 0.3 is 5.97 Å². The molecule has 0 aliphatic rings. The molecular formula is C17H15N3O3S2. The summed E-state index contributed by atoms with van der Waals surface area (Å²) in [6.45, 7) is 3.80. The Labute approximate surface area is 152 Å². The van der Waals surface area contributed by atoms with Crippen LogP contribution in [0.15, 0.2) is 35.3 Å². The van der Waals surface area contributed by atoms with Crippen molar-refractivity contribution in [1.82, 2.24) is 9.97 Å². The molecule has 25 heavy (non-hydrogen) atoms. The lowest BCUT2D eigenvalue weighted by atomic mass is 10.1. The molecule has 6 nitrogen and oxygen atoms in total. The summed E-state index contributed by atoms with van der Waals surface area (Å²) in [6, 6.07) is 3.83. The van der Waals surface area contributed by atoms with Crippen LogP contribution in [0.25, 0.3) is 10.4 Å². The number of rotatable bonds is 5. The van der Waals surface area contributed by atoms with Gasteiger partial charge in [0.15, 0.2) is 0 Å². The number of esters is 1. The van der Waals surface area contributed by atoms with Gasteiger partial charge in [-0.3, -0.25) is 9.78 Å². The minimum absolute atomic E-state index is 0.187. The number of hydrogen-bond acceptors (Lipinski definition) is 7. The molecule has 128 valence electrons. The van der Waals surface area contributed by atoms with E-state index in [1.807, 2.05) is 22.9 Å². The van der Waals surface area contributed by atoms with Gasteiger partial charge in [-0.2, -0.15) is 0 Å². The molecule has 3 rings (SSSR count). The summed E-state index contributed by atoms with van der Waals surface area (Å²) >= 11 is 2.80. The third-order valence-corrected chi connectivity index (χ3v) is 5.10. The topological polar surface area (TPSA) is 81.2 Å². The van der Waals surface area contributed by atoms with E-state index in [-0.39, 0.29) is 12.3 Å². The molecule has 0 saturated carbocycles. The highest BCUT2D eigenvalue weighted by atomic mass is 32.1. The predicted molar refractivity (Wildman–Crippen MR) is 98.3 cm³/mol. The lowest BCUT2D eigenvalue weighted by Gasteiger charge is -2.07. The van der Waals surface area contributed by atoms with Crippen molar-refractivity contribution in [2.45, 2.75) is 13.8 Å². The fourth-order valence-corrected chi connectivity index (χ4v) is 3.91. The first-order valence-electron chi connectivity index (χ1n) is 7.52. The van der Waals surface area contributed by atoms with Crippen molar-refractivity contribution in [3.05, 3.63) is 52.2 Å². The van der Waals surface area contributed by atoms with Crippen molar-refractivity contribution >= 4 is 39.6 Å². The molecular weight excluding hydrogens is 358 g/mol. The van der Waals surface area contributed by atoms with Crippen molar-refractivity contribution in [2.75, 3.05) is 11.9 Å². The zero-order valence-electron chi connectivity index (χ0n) is 13.6. The van der Waals surface area contributed by atoms with E-state index in [1.165, 1.54) is 35.1 Å². The first-order valence-corrected chi connectivity index (χ1v) is 9.28. The van der Waals surface area contributed by atoms with Crippen molar-refractivity contribution in [1.29, 1.82) is 0 Å². The number of carbonyl (C=O) groups is 2. The van der Waals surface area contributed by atoms with E-state index in [1.54, 1.807) is 13.8 Å². The van der Waals surface area contributed by atoms with Crippen LogP contribution in [-0.2, 0) is 4.74 Å². The van der Waals surface area contributed by atoms with Crippen LogP contribution >= 0.6 is 22.7 Å². The predicted octanol–water partition coefficient (Wildman–Crippen LogP) is 4.00. The Morgan fingerprint density at radius 1 is 1.24 bits per heavy atom. The van der Waals surface area contributed by atoms with E-state index in [0.29, 0.717) is 10.6 Å². The minimum Gasteiger partial charge on any atom is -0.462 e. The second-order valence-corrected chi connectivity index (χ2v) is 6.88. The van der Waals surface area contributed by atoms with Gasteiger partial charge < -0.3 is 10.1 Å². The van der Waals surface area contributed by atoms with Crippen LogP contribution in [0, 0.1) is 6.92 Å². The summed E-state index contributed by atoms with van der Waals surface area (Å²) < 4.78 is 5.16. The number of aryl methyl sites for hydroxylation is 1. The Kier molecular flexibility index (Phi) is 5.20. The Hall–Kier alpha value is -2.58. The first kappa shape index (κ1) is 17.2. The van der Waals surface area contributed by atoms with E-state index in [9.17, 15) is 9.59 Å². The van der Waals surface area contributed by atoms with Gasteiger partial charge in [0.25, 0.3) is 5.91 Å². The smallest absolute Gasteiger partial charge is 0.341 e. The number of hydrogen-bond donors (Lipinski definition) is 1. The zero-order valence-corrected chi connectivity index (χ0v) is 15.2. The second kappa shape index (κ2) is 7.54. The third-order valence-electron chi connectivity index (χ3n) is 3.30. The summed E-state index contributed by atoms with van der Waals surface area (Å²) in [7, 11) is 0. The molecule has 0 saturated heterocycles. The lowest BCUT2D eigenvalue weighted by molar-refractivity contribution is 0.0529. The molecule has 0 unspecified atom stereocenters. The van der Waals surface area contributed by atoms with Crippen LogP contribution in [-0.4, -0.2) is 28.5 Å². The van der Waals surface area contributed by atoms with Crippen LogP contribution in [0.5, 0.6) is 0 Å². The summed E-state index contributed by atoms with van der Waals surface area (Å²) in [6.07, 6.45) is 2.93. The van der Waals surface area contributed by atoms with Gasteiger partial charge in [0.1, 0.15) is 16.3 Å². The number of ether oxygens (including phenoxy) is 1. The van der Waals surface area contributed by atoms with Gasteiger partial charge in [0.05, 0.1) is 18.5 Å². The highest BCUT2D eigenvalue weighted by molar-refractivity contribution is 7.17. The molecule has 0 aliphatic carbocycles. The summed E-state index contributed by atoms with van der Waals surface area (Å²) in [5.41, 5.74) is 2.03. The molecule has 0 fully saturated rings. The number of thiophene rings is 2. The average Bonchev–Trinajstić information content (AvgIpc) is 3.24. The molecule has 3 heterocycles. The highest BCUT2D eigenvalue weighted by Gasteiger charge is 2.23. The molecule has 0 spiro atoms. The van der Waals surface area contributed by atoms with Crippen molar-refractivity contribution in [2.24, 2.45) is 0 Å². The molecule has 3 aromatic heterocycles. The lowest BCUT2D eigenvalue weighted by Crippen LogP contribution is -2.16. The van der Waals surface area contributed by atoms with E-state index < -0.39 is 11.9 Å². The fraction of sp³-hybridized carbons (Fsp3) is 0.176. The molecule has 0 radical (unpaired) electrons. The largest absolute Gasteiger partial charge is 0.462 e. The third kappa shape index (κ3) is 3.75. The maximum atomic E-state index is 12.4. The molecule has 0 atom stereocenters. The quantitative estimate of drug-likeness (QED) is 0.684. The van der Waals surface area contributed by atoms with Crippen molar-refractivity contribution in [3.63, 3.8) is 0 Å². The number of nitrogens with one attached hydrogen (secondary N) is 1. The molecule has 1 N–H and O–H groups in total. The van der Waals surface area contributed by atoms with Gasteiger partial charge in [-0.05, 0) is 25.3 Å². The van der Waals surface area contributed by atoms with E-state index >= 15 is 0 Å². The van der Waals surface area contributed by atoms with Crippen molar-refractivity contribution in [3.8, 4) is 10.4 Å². The SMILES string of the molecule is CCOC(=O)c1c(-c2cccs2)csc1NC(=O)c1cnc(C)cn1. The maximum Gasteiger partial charge on any atom is 0.341 e. The molecule has 0 aliphatic heterocycles. The summed E-state index contributed by atoms with van der Waals surface area (Å²) in [4.78, 5) is 33.9. The molecule has 8 heteroatoms. The van der Waals surface area contributed by atoms with Gasteiger partial charge in [-0.1, -0.05) is 6.07 Å². The number of amides is 1. The zero-order chi connectivity index (χ0) is 17.8. The minimum atomic E-state index is -0.461. The van der Waals surface area contributed by atoms with Crippen LogP contribution in [0.1, 0.15) is 33.5 Å². The fourth-order valence-electron chi connectivity index (χ4n) is 2.15. The normalized spacial score (nSPS) is 10.5. The summed E-state index contributed by atoms with van der Waals surface area (Å²) in [5.74, 6) is -0.880. The molecule has 3 aromatic rings. The standard InChI is InChI=1S/C17H15N3O3S2/c1-3-23-17(22)14-11(13-5-4-6-24-13)9-25-16(14)20-15(21)12-8-18-10(2)7-19-12/h4-9H,3H2,1-2H3,(H,20,21). The van der Waals surface area contributed by atoms with Crippen molar-refractivity contribution < 1.29 is 14.3 Å². The highest BCUT2D eigenvalue weighted by Crippen LogP contribution is 2.38. The molecule has 0 aromatic carbocycles. The number of nitrogens with zero attached hydrogens (tertiary/aromatic N) is 2. The Morgan fingerprint density at radius 2 is 2.08 bits per heavy atom. The van der Waals surface area contributed by atoms with Gasteiger partial charge in [-0.15, -0.1) is 22.7 Å². The second-order valence-electron chi connectivity index (χ2n) is 5.05. The number of anilines is 1. The van der Waals surface area contributed by atoms with Gasteiger partial charge in [0, 0.05) is 22.0 Å². The van der Waals surface area contributed by atoms with Crippen LogP contribution in [0.4, 0.5) is 5.00 Å². The van der Waals surface area contributed by atoms with E-state index in [2.05, 4.69) is 15.3 Å². The monoisotopic (exact) mass is 373 g/mol. The maximum absolute atomic E-state index is 12.4. The number of carbonyl (C=O) groups excluding carboxylic acids is 2. The average molecular weight is 373 g/mol. The molecule has 0 bridgehead atoms. The van der Waals surface area contributed by atoms with Gasteiger partial charge in [0.2, 0.25) is 0 Å². The van der Waals surface area contributed by atoms with Crippen LogP contribution in [0.3, 0.4) is 0 Å².